The van der Waals surface area contributed by atoms with Crippen molar-refractivity contribution in [2.75, 3.05) is 6.61 Å². The van der Waals surface area contributed by atoms with E-state index >= 15 is 8.78 Å². The van der Waals surface area contributed by atoms with Gasteiger partial charge >= 0.3 is 12.1 Å². The van der Waals surface area contributed by atoms with Gasteiger partial charge in [-0.15, -0.1) is 0 Å². The zero-order chi connectivity index (χ0) is 23.2. The molecule has 0 bridgehead atoms. The van der Waals surface area contributed by atoms with Gasteiger partial charge in [0.15, 0.2) is 0 Å². The van der Waals surface area contributed by atoms with Gasteiger partial charge in [-0.1, -0.05) is 6.07 Å². The molecule has 10 heteroatoms. The zero-order valence-electron chi connectivity index (χ0n) is 16.9. The predicted molar refractivity (Wildman–Crippen MR) is 98.9 cm³/mol. The Morgan fingerprint density at radius 3 is 2.42 bits per heavy atom. The highest BCUT2D eigenvalue weighted by molar-refractivity contribution is 5.79. The summed E-state index contributed by atoms with van der Waals surface area (Å²) in [4.78, 5) is 15.6. The minimum Gasteiger partial charge on any atom is -0.359 e. The number of halogens is 6. The van der Waals surface area contributed by atoms with E-state index in [0.29, 0.717) is 6.20 Å². The predicted octanol–water partition coefficient (Wildman–Crippen LogP) is 4.61. The zero-order valence-corrected chi connectivity index (χ0v) is 16.9. The van der Waals surface area contributed by atoms with Crippen molar-refractivity contribution in [3.63, 3.8) is 0 Å². The summed E-state index contributed by atoms with van der Waals surface area (Å²) >= 11 is 0. The number of amides is 1. The van der Waals surface area contributed by atoms with Gasteiger partial charge in [0.05, 0.1) is 5.56 Å². The van der Waals surface area contributed by atoms with Crippen LogP contribution >= 0.6 is 0 Å². The third-order valence-corrected chi connectivity index (χ3v) is 5.44. The molecule has 0 saturated carbocycles. The Morgan fingerprint density at radius 2 is 1.77 bits per heavy atom. The summed E-state index contributed by atoms with van der Waals surface area (Å²) in [5.41, 5.74) is -5.59. The molecule has 4 nitrogen and oxygen atoms in total. The highest BCUT2D eigenvalue weighted by Gasteiger charge is 2.64. The van der Waals surface area contributed by atoms with Gasteiger partial charge in [0.1, 0.15) is 23.6 Å². The number of hydrogen-bond donors (Lipinski definition) is 1. The van der Waals surface area contributed by atoms with Crippen molar-refractivity contribution < 1.29 is 35.9 Å². The van der Waals surface area contributed by atoms with E-state index in [0.717, 1.165) is 39.0 Å². The SMILES string of the molecule is CC1(C)OCC(=O)N[C@](C)(c2cc(Cc3cncc(C(F)(F)F)c3)ccc2F)C1(F)F. The molecule has 0 aliphatic carbocycles. The van der Waals surface area contributed by atoms with E-state index in [-0.39, 0.29) is 17.5 Å². The third-order valence-electron chi connectivity index (χ3n) is 5.44. The quantitative estimate of drug-likeness (QED) is 0.701. The first-order chi connectivity index (χ1) is 14.2. The molecule has 1 aromatic carbocycles. The summed E-state index contributed by atoms with van der Waals surface area (Å²) in [5, 5.41) is 2.16. The minimum atomic E-state index is -4.59. The van der Waals surface area contributed by atoms with Crippen LogP contribution in [0.1, 0.15) is 43.0 Å². The van der Waals surface area contributed by atoms with Crippen LogP contribution in [-0.2, 0) is 27.7 Å². The molecule has 3 rings (SSSR count). The van der Waals surface area contributed by atoms with E-state index in [1.807, 2.05) is 0 Å². The minimum absolute atomic E-state index is 0.111. The molecule has 0 unspecified atom stereocenters. The number of nitrogens with one attached hydrogen (secondary N) is 1. The lowest BCUT2D eigenvalue weighted by Crippen LogP contribution is -2.62. The first-order valence-electron chi connectivity index (χ1n) is 9.30. The van der Waals surface area contributed by atoms with Gasteiger partial charge in [-0.25, -0.2) is 13.2 Å². The molecule has 0 radical (unpaired) electrons. The summed E-state index contributed by atoms with van der Waals surface area (Å²) in [6.45, 7) is 2.56. The summed E-state index contributed by atoms with van der Waals surface area (Å²) in [7, 11) is 0. The van der Waals surface area contributed by atoms with Crippen molar-refractivity contribution in [2.45, 2.75) is 50.4 Å². The molecule has 31 heavy (non-hydrogen) atoms. The first kappa shape index (κ1) is 23.1. The van der Waals surface area contributed by atoms with Crippen LogP contribution in [0.15, 0.2) is 36.7 Å². The van der Waals surface area contributed by atoms with Crippen molar-refractivity contribution in [1.29, 1.82) is 0 Å². The number of rotatable bonds is 3. The molecule has 168 valence electrons. The van der Waals surface area contributed by atoms with Gasteiger partial charge in [-0.2, -0.15) is 13.2 Å². The Hall–Kier alpha value is -2.62. The molecule has 2 aromatic rings. The van der Waals surface area contributed by atoms with Crippen LogP contribution in [0.4, 0.5) is 26.3 Å². The molecule has 1 aromatic heterocycles. The van der Waals surface area contributed by atoms with Crippen LogP contribution in [0.3, 0.4) is 0 Å². The van der Waals surface area contributed by atoms with Crippen LogP contribution in [0.25, 0.3) is 0 Å². The Balaban J connectivity index is 2.05. The van der Waals surface area contributed by atoms with Crippen LogP contribution in [0.5, 0.6) is 0 Å². The van der Waals surface area contributed by atoms with E-state index in [1.54, 1.807) is 0 Å². The van der Waals surface area contributed by atoms with E-state index in [2.05, 4.69) is 10.3 Å². The lowest BCUT2D eigenvalue weighted by Gasteiger charge is -2.43. The number of hydrogen-bond acceptors (Lipinski definition) is 3. The molecule has 2 heterocycles. The molecule has 1 N–H and O–H groups in total. The van der Waals surface area contributed by atoms with Crippen molar-refractivity contribution in [1.82, 2.24) is 10.3 Å². The normalized spacial score (nSPS) is 23.2. The Morgan fingerprint density at radius 1 is 1.10 bits per heavy atom. The number of benzene rings is 1. The first-order valence-corrected chi connectivity index (χ1v) is 9.30. The number of pyridine rings is 1. The number of ether oxygens (including phenoxy) is 1. The van der Waals surface area contributed by atoms with Crippen molar-refractivity contribution in [2.24, 2.45) is 0 Å². The fraction of sp³-hybridized carbons (Fsp3) is 0.429. The molecule has 0 spiro atoms. The fourth-order valence-corrected chi connectivity index (χ4v) is 3.61. The van der Waals surface area contributed by atoms with Crippen LogP contribution < -0.4 is 5.32 Å². The summed E-state index contributed by atoms with van der Waals surface area (Å²) in [6, 6.07) is 4.22. The monoisotopic (exact) mass is 446 g/mol. The molecular formula is C21H20F6N2O2. The maximum absolute atomic E-state index is 15.4. The topological polar surface area (TPSA) is 51.2 Å². The highest BCUT2D eigenvalue weighted by atomic mass is 19.4. The van der Waals surface area contributed by atoms with Crippen LogP contribution in [0, 0.1) is 5.82 Å². The van der Waals surface area contributed by atoms with Crippen molar-refractivity contribution in [3.05, 3.63) is 64.7 Å². The lowest BCUT2D eigenvalue weighted by molar-refractivity contribution is -0.216. The Bertz CT molecular complexity index is 1010. The maximum Gasteiger partial charge on any atom is 0.417 e. The highest BCUT2D eigenvalue weighted by Crippen LogP contribution is 2.48. The average Bonchev–Trinajstić information content (AvgIpc) is 2.72. The van der Waals surface area contributed by atoms with Gasteiger partial charge in [-0.05, 0) is 56.5 Å². The van der Waals surface area contributed by atoms with Crippen LogP contribution in [0.2, 0.25) is 0 Å². The van der Waals surface area contributed by atoms with Gasteiger partial charge in [-0.3, -0.25) is 9.78 Å². The smallest absolute Gasteiger partial charge is 0.359 e. The second-order valence-corrected chi connectivity index (χ2v) is 8.12. The largest absolute Gasteiger partial charge is 0.417 e. The summed E-state index contributed by atoms with van der Waals surface area (Å²) in [5.74, 6) is -5.57. The van der Waals surface area contributed by atoms with E-state index < -0.39 is 52.7 Å². The van der Waals surface area contributed by atoms with Gasteiger partial charge in [0.2, 0.25) is 5.91 Å². The second kappa shape index (κ2) is 7.51. The fourth-order valence-electron chi connectivity index (χ4n) is 3.61. The number of alkyl halides is 5. The van der Waals surface area contributed by atoms with Gasteiger partial charge in [0, 0.05) is 18.0 Å². The van der Waals surface area contributed by atoms with E-state index in [4.69, 9.17) is 4.74 Å². The van der Waals surface area contributed by atoms with E-state index in [1.165, 1.54) is 12.3 Å². The number of carbonyl (C=O) groups excluding carboxylic acids is 1. The lowest BCUT2D eigenvalue weighted by atomic mass is 9.77. The summed E-state index contributed by atoms with van der Waals surface area (Å²) < 4.78 is 89.4. The molecule has 1 fully saturated rings. The molecule has 1 atom stereocenters. The third kappa shape index (κ3) is 4.13. The standard InChI is InChI=1S/C21H20F6N2O2/c1-18(2)21(26,27)19(3,29-17(30)11-31-18)15-8-12(4-5-16(15)22)6-13-7-14(10-28-9-13)20(23,24)25/h4-5,7-10H,6,11H2,1-3H3,(H,29,30)/t19-/m1/s1. The average molecular weight is 446 g/mol. The maximum atomic E-state index is 15.4. The molecular weight excluding hydrogens is 426 g/mol. The van der Waals surface area contributed by atoms with Gasteiger partial charge < -0.3 is 10.1 Å². The van der Waals surface area contributed by atoms with E-state index in [9.17, 15) is 22.4 Å². The summed E-state index contributed by atoms with van der Waals surface area (Å²) in [6.07, 6.45) is -2.83. The molecule has 1 saturated heterocycles. The van der Waals surface area contributed by atoms with Crippen LogP contribution in [-0.4, -0.2) is 29.0 Å². The molecule has 1 aliphatic rings. The number of nitrogens with zero attached hydrogens (tertiary/aromatic N) is 1. The van der Waals surface area contributed by atoms with Crippen molar-refractivity contribution >= 4 is 5.91 Å². The Labute approximate surface area is 174 Å². The molecule has 1 amide bonds. The van der Waals surface area contributed by atoms with Gasteiger partial charge in [0.25, 0.3) is 0 Å². The second-order valence-electron chi connectivity index (χ2n) is 8.12. The molecule has 1 aliphatic heterocycles. The number of aromatic nitrogens is 1. The number of carbonyl (C=O) groups is 1. The Kier molecular flexibility index (Phi) is 5.58. The van der Waals surface area contributed by atoms with Crippen molar-refractivity contribution in [3.8, 4) is 0 Å².